The van der Waals surface area contributed by atoms with Crippen LogP contribution in [0.1, 0.15) is 25.3 Å². The van der Waals surface area contributed by atoms with Crippen LogP contribution in [0.15, 0.2) is 24.3 Å². The number of carbonyl (C=O) groups is 1. The minimum absolute atomic E-state index is 0.0509. The highest BCUT2D eigenvalue weighted by Crippen LogP contribution is 2.16. The van der Waals surface area contributed by atoms with Crippen LogP contribution in [0.25, 0.3) is 0 Å². The zero-order valence-electron chi connectivity index (χ0n) is 11.2. The molecule has 0 bridgehead atoms. The molecule has 0 aliphatic heterocycles. The van der Waals surface area contributed by atoms with Crippen LogP contribution >= 0.6 is 0 Å². The summed E-state index contributed by atoms with van der Waals surface area (Å²) in [6.07, 6.45) is 0. The molecule has 0 unspecified atom stereocenters. The second-order valence-electron chi connectivity index (χ2n) is 4.37. The first-order chi connectivity index (χ1) is 8.63. The topological polar surface area (TPSA) is 47.6 Å². The summed E-state index contributed by atoms with van der Waals surface area (Å²) in [5, 5.41) is 2.78. The standard InChI is InChI=1S/C14H21NO3/c1-11(2)12-4-6-13(7-5-12)15-14(16)10-18-9-8-17-3/h4-7,11H,8-10H2,1-3H3,(H,15,16). The van der Waals surface area contributed by atoms with E-state index in [-0.39, 0.29) is 12.5 Å². The summed E-state index contributed by atoms with van der Waals surface area (Å²) in [6.45, 7) is 5.25. The lowest BCUT2D eigenvalue weighted by molar-refractivity contribution is -0.121. The van der Waals surface area contributed by atoms with Crippen molar-refractivity contribution in [2.24, 2.45) is 0 Å². The van der Waals surface area contributed by atoms with Gasteiger partial charge in [-0.15, -0.1) is 0 Å². The van der Waals surface area contributed by atoms with E-state index in [1.54, 1.807) is 7.11 Å². The Morgan fingerprint density at radius 3 is 2.44 bits per heavy atom. The third-order valence-electron chi connectivity index (χ3n) is 2.53. The van der Waals surface area contributed by atoms with Gasteiger partial charge in [-0.3, -0.25) is 4.79 Å². The molecule has 4 nitrogen and oxygen atoms in total. The maximum Gasteiger partial charge on any atom is 0.250 e. The Hall–Kier alpha value is -1.39. The summed E-state index contributed by atoms with van der Waals surface area (Å²) in [5.41, 5.74) is 2.05. The van der Waals surface area contributed by atoms with Gasteiger partial charge in [0, 0.05) is 12.8 Å². The lowest BCUT2D eigenvalue weighted by atomic mass is 10.0. The van der Waals surface area contributed by atoms with Crippen molar-refractivity contribution in [3.63, 3.8) is 0 Å². The van der Waals surface area contributed by atoms with E-state index < -0.39 is 0 Å². The third-order valence-corrected chi connectivity index (χ3v) is 2.53. The number of methoxy groups -OCH3 is 1. The first-order valence-corrected chi connectivity index (χ1v) is 6.10. The lowest BCUT2D eigenvalue weighted by Crippen LogP contribution is -2.19. The summed E-state index contributed by atoms with van der Waals surface area (Å²) >= 11 is 0. The molecule has 1 rings (SSSR count). The second kappa shape index (κ2) is 7.84. The SMILES string of the molecule is COCCOCC(=O)Nc1ccc(C(C)C)cc1. The van der Waals surface area contributed by atoms with Crippen LogP contribution in [0.5, 0.6) is 0 Å². The molecule has 0 atom stereocenters. The molecule has 1 aromatic carbocycles. The van der Waals surface area contributed by atoms with Crippen molar-refractivity contribution in [1.29, 1.82) is 0 Å². The molecule has 0 spiro atoms. The van der Waals surface area contributed by atoms with E-state index in [1.165, 1.54) is 5.56 Å². The summed E-state index contributed by atoms with van der Waals surface area (Å²) < 4.78 is 9.95. The van der Waals surface area contributed by atoms with E-state index in [4.69, 9.17) is 9.47 Å². The van der Waals surface area contributed by atoms with Crippen molar-refractivity contribution in [3.8, 4) is 0 Å². The number of amides is 1. The van der Waals surface area contributed by atoms with Crippen LogP contribution < -0.4 is 5.32 Å². The highest BCUT2D eigenvalue weighted by atomic mass is 16.5. The van der Waals surface area contributed by atoms with Crippen LogP contribution in [-0.2, 0) is 14.3 Å². The van der Waals surface area contributed by atoms with Gasteiger partial charge < -0.3 is 14.8 Å². The normalized spacial score (nSPS) is 10.7. The molecule has 0 saturated heterocycles. The van der Waals surface area contributed by atoms with Crippen molar-refractivity contribution >= 4 is 11.6 Å². The predicted octanol–water partition coefficient (Wildman–Crippen LogP) is 2.41. The van der Waals surface area contributed by atoms with Gasteiger partial charge in [0.25, 0.3) is 0 Å². The highest BCUT2D eigenvalue weighted by molar-refractivity contribution is 5.91. The number of carbonyl (C=O) groups excluding carboxylic acids is 1. The average Bonchev–Trinajstić information content (AvgIpc) is 2.35. The highest BCUT2D eigenvalue weighted by Gasteiger charge is 2.03. The number of anilines is 1. The lowest BCUT2D eigenvalue weighted by Gasteiger charge is -2.08. The van der Waals surface area contributed by atoms with Crippen LogP contribution in [0.4, 0.5) is 5.69 Å². The molecule has 0 saturated carbocycles. The summed E-state index contributed by atoms with van der Waals surface area (Å²) in [7, 11) is 1.60. The predicted molar refractivity (Wildman–Crippen MR) is 71.9 cm³/mol. The third kappa shape index (κ3) is 5.29. The molecule has 100 valence electrons. The number of hydrogen-bond donors (Lipinski definition) is 1. The monoisotopic (exact) mass is 251 g/mol. The molecule has 1 amide bonds. The molecule has 1 N–H and O–H groups in total. The van der Waals surface area contributed by atoms with Crippen LogP contribution in [-0.4, -0.2) is 32.8 Å². The Labute approximate surface area is 108 Å². The first kappa shape index (κ1) is 14.7. The van der Waals surface area contributed by atoms with Crippen molar-refractivity contribution in [2.45, 2.75) is 19.8 Å². The Morgan fingerprint density at radius 1 is 1.22 bits per heavy atom. The minimum Gasteiger partial charge on any atom is -0.382 e. The van der Waals surface area contributed by atoms with Gasteiger partial charge in [0.05, 0.1) is 13.2 Å². The number of nitrogens with one attached hydrogen (secondary N) is 1. The van der Waals surface area contributed by atoms with Gasteiger partial charge in [0.1, 0.15) is 6.61 Å². The van der Waals surface area contributed by atoms with Crippen LogP contribution in [0.3, 0.4) is 0 Å². The fourth-order valence-corrected chi connectivity index (χ4v) is 1.46. The van der Waals surface area contributed by atoms with Crippen molar-refractivity contribution in [2.75, 3.05) is 32.2 Å². The fourth-order valence-electron chi connectivity index (χ4n) is 1.46. The van der Waals surface area contributed by atoms with Crippen LogP contribution in [0.2, 0.25) is 0 Å². The largest absolute Gasteiger partial charge is 0.382 e. The van der Waals surface area contributed by atoms with E-state index in [0.29, 0.717) is 19.1 Å². The first-order valence-electron chi connectivity index (χ1n) is 6.10. The summed E-state index contributed by atoms with van der Waals surface area (Å²) in [6, 6.07) is 7.85. The van der Waals surface area contributed by atoms with E-state index in [2.05, 4.69) is 19.2 Å². The van der Waals surface area contributed by atoms with E-state index in [9.17, 15) is 4.79 Å². The van der Waals surface area contributed by atoms with Crippen molar-refractivity contribution in [1.82, 2.24) is 0 Å². The fraction of sp³-hybridized carbons (Fsp3) is 0.500. The Bertz CT molecular complexity index is 360. The number of rotatable bonds is 7. The molecule has 0 aliphatic carbocycles. The van der Waals surface area contributed by atoms with E-state index in [1.807, 2.05) is 24.3 Å². The molecule has 1 aromatic rings. The smallest absolute Gasteiger partial charge is 0.250 e. The van der Waals surface area contributed by atoms with Gasteiger partial charge in [0.15, 0.2) is 0 Å². The minimum atomic E-state index is -0.150. The molecular weight excluding hydrogens is 230 g/mol. The van der Waals surface area contributed by atoms with Gasteiger partial charge in [-0.1, -0.05) is 26.0 Å². The van der Waals surface area contributed by atoms with Gasteiger partial charge in [-0.2, -0.15) is 0 Å². The second-order valence-corrected chi connectivity index (χ2v) is 4.37. The van der Waals surface area contributed by atoms with Crippen LogP contribution in [0, 0.1) is 0 Å². The van der Waals surface area contributed by atoms with Crippen molar-refractivity contribution in [3.05, 3.63) is 29.8 Å². The van der Waals surface area contributed by atoms with E-state index >= 15 is 0 Å². The molecule has 18 heavy (non-hydrogen) atoms. The van der Waals surface area contributed by atoms with Gasteiger partial charge in [-0.25, -0.2) is 0 Å². The number of benzene rings is 1. The molecule has 4 heteroatoms. The maximum absolute atomic E-state index is 11.5. The van der Waals surface area contributed by atoms with Gasteiger partial charge in [-0.05, 0) is 23.6 Å². The quantitative estimate of drug-likeness (QED) is 0.757. The average molecular weight is 251 g/mol. The Kier molecular flexibility index (Phi) is 6.39. The molecule has 0 aromatic heterocycles. The zero-order chi connectivity index (χ0) is 13.4. The molecule has 0 aliphatic rings. The number of hydrogen-bond acceptors (Lipinski definition) is 3. The summed E-state index contributed by atoms with van der Waals surface area (Å²) in [4.78, 5) is 11.5. The maximum atomic E-state index is 11.5. The summed E-state index contributed by atoms with van der Waals surface area (Å²) in [5.74, 6) is 0.343. The molecule has 0 fully saturated rings. The van der Waals surface area contributed by atoms with Crippen molar-refractivity contribution < 1.29 is 14.3 Å². The Balaban J connectivity index is 2.35. The number of ether oxygens (including phenoxy) is 2. The zero-order valence-corrected chi connectivity index (χ0v) is 11.2. The molecule has 0 heterocycles. The van der Waals surface area contributed by atoms with Gasteiger partial charge in [0.2, 0.25) is 5.91 Å². The Morgan fingerprint density at radius 2 is 1.89 bits per heavy atom. The van der Waals surface area contributed by atoms with Gasteiger partial charge >= 0.3 is 0 Å². The van der Waals surface area contributed by atoms with E-state index in [0.717, 1.165) is 5.69 Å². The molecular formula is C14H21NO3. The molecule has 0 radical (unpaired) electrons.